The van der Waals surface area contributed by atoms with E-state index < -0.39 is 29.7 Å². The van der Waals surface area contributed by atoms with Gasteiger partial charge < -0.3 is 20.1 Å². The summed E-state index contributed by atoms with van der Waals surface area (Å²) in [4.78, 5) is 36.4. The fourth-order valence-electron chi connectivity index (χ4n) is 2.81. The third-order valence-corrected chi connectivity index (χ3v) is 3.54. The molecule has 0 saturated carbocycles. The molecule has 2 heterocycles. The first-order valence-corrected chi connectivity index (χ1v) is 6.73. The number of rotatable bonds is 2. The van der Waals surface area contributed by atoms with Crippen molar-refractivity contribution in [2.24, 2.45) is 0 Å². The number of carbonyl (C=O) groups excluding carboxylic acids is 2. The number of aliphatic carboxylic acids is 1. The van der Waals surface area contributed by atoms with Crippen molar-refractivity contribution in [3.05, 3.63) is 0 Å². The zero-order valence-corrected chi connectivity index (χ0v) is 11.9. The molecule has 112 valence electrons. The molecule has 0 aromatic carbocycles. The van der Waals surface area contributed by atoms with E-state index in [9.17, 15) is 14.4 Å². The number of hydrogen-bond donors (Lipinski definition) is 2. The molecule has 2 N–H and O–H groups in total. The van der Waals surface area contributed by atoms with Crippen LogP contribution >= 0.6 is 0 Å². The van der Waals surface area contributed by atoms with Gasteiger partial charge in [0, 0.05) is 6.04 Å². The number of fused-ring (bicyclic) bond motifs is 1. The SMILES string of the molecule is CC(C)(C)OC(=O)NC1CC2CC[C@@H](C(=O)O)N2C1=O. The van der Waals surface area contributed by atoms with E-state index in [2.05, 4.69) is 5.32 Å². The average Bonchev–Trinajstić information content (AvgIpc) is 2.78. The van der Waals surface area contributed by atoms with Gasteiger partial charge in [0.15, 0.2) is 0 Å². The van der Waals surface area contributed by atoms with Crippen LogP contribution in [0.4, 0.5) is 4.79 Å². The number of carboxylic acids is 1. The molecule has 0 radical (unpaired) electrons. The van der Waals surface area contributed by atoms with Gasteiger partial charge in [0.2, 0.25) is 5.91 Å². The first-order chi connectivity index (χ1) is 9.19. The van der Waals surface area contributed by atoms with Crippen LogP contribution in [-0.2, 0) is 14.3 Å². The monoisotopic (exact) mass is 284 g/mol. The van der Waals surface area contributed by atoms with Crippen LogP contribution in [0.1, 0.15) is 40.0 Å². The van der Waals surface area contributed by atoms with Crippen molar-refractivity contribution in [1.82, 2.24) is 10.2 Å². The number of hydrogen-bond acceptors (Lipinski definition) is 4. The number of nitrogens with zero attached hydrogens (tertiary/aromatic N) is 1. The zero-order chi connectivity index (χ0) is 15.1. The molecule has 0 bridgehead atoms. The van der Waals surface area contributed by atoms with Crippen molar-refractivity contribution in [2.75, 3.05) is 0 Å². The van der Waals surface area contributed by atoms with Gasteiger partial charge in [-0.15, -0.1) is 0 Å². The summed E-state index contributed by atoms with van der Waals surface area (Å²) in [5, 5.41) is 11.6. The Kier molecular flexibility index (Phi) is 3.62. The standard InChI is InChI=1S/C13H20N2O5/c1-13(2,3)20-12(19)14-8-6-7-4-5-9(11(17)18)15(7)10(8)16/h7-9H,4-6H2,1-3H3,(H,14,19)(H,17,18)/t7?,8?,9-/m0/s1. The third-order valence-electron chi connectivity index (χ3n) is 3.54. The Balaban J connectivity index is 1.98. The summed E-state index contributed by atoms with van der Waals surface area (Å²) in [5.74, 6) is -1.32. The van der Waals surface area contributed by atoms with E-state index in [-0.39, 0.29) is 11.9 Å². The largest absolute Gasteiger partial charge is 0.480 e. The Bertz CT molecular complexity index is 443. The second kappa shape index (κ2) is 4.96. The van der Waals surface area contributed by atoms with Crippen molar-refractivity contribution in [1.29, 1.82) is 0 Å². The minimum absolute atomic E-state index is 0.0939. The van der Waals surface area contributed by atoms with Gasteiger partial charge in [-0.3, -0.25) is 4.79 Å². The van der Waals surface area contributed by atoms with E-state index >= 15 is 0 Å². The topological polar surface area (TPSA) is 95.9 Å². The van der Waals surface area contributed by atoms with Gasteiger partial charge in [-0.1, -0.05) is 0 Å². The fraction of sp³-hybridized carbons (Fsp3) is 0.769. The maximum absolute atomic E-state index is 12.2. The minimum Gasteiger partial charge on any atom is -0.480 e. The Labute approximate surface area is 117 Å². The maximum Gasteiger partial charge on any atom is 0.408 e. The molecule has 0 aliphatic carbocycles. The zero-order valence-electron chi connectivity index (χ0n) is 11.9. The molecular formula is C13H20N2O5. The van der Waals surface area contributed by atoms with Crippen LogP contribution in [0.25, 0.3) is 0 Å². The minimum atomic E-state index is -0.987. The molecule has 0 aromatic heterocycles. The molecule has 2 unspecified atom stereocenters. The summed E-state index contributed by atoms with van der Waals surface area (Å²) in [7, 11) is 0. The van der Waals surface area contributed by atoms with E-state index in [0.717, 1.165) is 0 Å². The van der Waals surface area contributed by atoms with Gasteiger partial charge in [-0.05, 0) is 40.0 Å². The molecule has 0 aromatic rings. The summed E-state index contributed by atoms with van der Waals surface area (Å²) in [6.45, 7) is 5.21. The first kappa shape index (κ1) is 14.6. The highest BCUT2D eigenvalue weighted by Gasteiger charge is 2.49. The summed E-state index contributed by atoms with van der Waals surface area (Å²) >= 11 is 0. The molecule has 2 aliphatic rings. The Morgan fingerprint density at radius 3 is 2.55 bits per heavy atom. The van der Waals surface area contributed by atoms with E-state index in [1.807, 2.05) is 0 Å². The third kappa shape index (κ3) is 2.86. The molecule has 0 spiro atoms. The fourth-order valence-corrected chi connectivity index (χ4v) is 2.81. The van der Waals surface area contributed by atoms with Gasteiger partial charge in [-0.2, -0.15) is 0 Å². The number of alkyl carbamates (subject to hydrolysis) is 1. The molecule has 7 heteroatoms. The number of carbonyl (C=O) groups is 3. The van der Waals surface area contributed by atoms with Crippen LogP contribution in [-0.4, -0.2) is 51.7 Å². The summed E-state index contributed by atoms with van der Waals surface area (Å²) in [6.07, 6.45) is 0.936. The van der Waals surface area contributed by atoms with Gasteiger partial charge in [-0.25, -0.2) is 9.59 Å². The average molecular weight is 284 g/mol. The normalized spacial score (nSPS) is 29.2. The van der Waals surface area contributed by atoms with Gasteiger partial charge >= 0.3 is 12.1 Å². The lowest BCUT2D eigenvalue weighted by Crippen LogP contribution is -2.47. The Morgan fingerprint density at radius 1 is 1.35 bits per heavy atom. The van der Waals surface area contributed by atoms with Crippen molar-refractivity contribution >= 4 is 18.0 Å². The predicted molar refractivity (Wildman–Crippen MR) is 69.1 cm³/mol. The lowest BCUT2D eigenvalue weighted by atomic mass is 10.1. The molecule has 20 heavy (non-hydrogen) atoms. The summed E-state index contributed by atoms with van der Waals surface area (Å²) in [5.41, 5.74) is -0.633. The van der Waals surface area contributed by atoms with Crippen molar-refractivity contribution < 1.29 is 24.2 Å². The summed E-state index contributed by atoms with van der Waals surface area (Å²) in [6, 6.07) is -1.54. The van der Waals surface area contributed by atoms with E-state index in [0.29, 0.717) is 19.3 Å². The van der Waals surface area contributed by atoms with Crippen LogP contribution < -0.4 is 5.32 Å². The number of ether oxygens (including phenoxy) is 1. The van der Waals surface area contributed by atoms with Crippen molar-refractivity contribution in [3.8, 4) is 0 Å². The van der Waals surface area contributed by atoms with Crippen LogP contribution in [0.5, 0.6) is 0 Å². The Morgan fingerprint density at radius 2 is 2.00 bits per heavy atom. The molecule has 2 fully saturated rings. The second-order valence-corrected chi connectivity index (χ2v) is 6.27. The van der Waals surface area contributed by atoms with Gasteiger partial charge in [0.05, 0.1) is 0 Å². The van der Waals surface area contributed by atoms with E-state index in [1.165, 1.54) is 4.90 Å². The first-order valence-electron chi connectivity index (χ1n) is 6.73. The Hall–Kier alpha value is -1.79. The quantitative estimate of drug-likeness (QED) is 0.779. The highest BCUT2D eigenvalue weighted by atomic mass is 16.6. The lowest BCUT2D eigenvalue weighted by molar-refractivity contribution is -0.147. The maximum atomic E-state index is 12.2. The lowest BCUT2D eigenvalue weighted by Gasteiger charge is -2.22. The second-order valence-electron chi connectivity index (χ2n) is 6.27. The highest BCUT2D eigenvalue weighted by Crippen LogP contribution is 2.33. The van der Waals surface area contributed by atoms with Crippen LogP contribution in [0, 0.1) is 0 Å². The molecule has 2 amide bonds. The number of nitrogens with one attached hydrogen (secondary N) is 1. The van der Waals surface area contributed by atoms with E-state index in [4.69, 9.17) is 9.84 Å². The van der Waals surface area contributed by atoms with Crippen LogP contribution in [0.2, 0.25) is 0 Å². The van der Waals surface area contributed by atoms with Gasteiger partial charge in [0.1, 0.15) is 17.7 Å². The molecule has 3 atom stereocenters. The number of amides is 2. The number of carboxylic acid groups (broad SMARTS) is 1. The van der Waals surface area contributed by atoms with Crippen molar-refractivity contribution in [3.63, 3.8) is 0 Å². The molecule has 2 aliphatic heterocycles. The van der Waals surface area contributed by atoms with Crippen LogP contribution in [0.15, 0.2) is 0 Å². The molecule has 2 saturated heterocycles. The van der Waals surface area contributed by atoms with Crippen LogP contribution in [0.3, 0.4) is 0 Å². The summed E-state index contributed by atoms with van der Waals surface area (Å²) < 4.78 is 5.11. The molecule has 7 nitrogen and oxygen atoms in total. The van der Waals surface area contributed by atoms with E-state index in [1.54, 1.807) is 20.8 Å². The molecule has 2 rings (SSSR count). The van der Waals surface area contributed by atoms with Crippen molar-refractivity contribution in [2.45, 2.75) is 63.8 Å². The molecular weight excluding hydrogens is 264 g/mol. The smallest absolute Gasteiger partial charge is 0.408 e. The highest BCUT2D eigenvalue weighted by molar-refractivity contribution is 5.92. The van der Waals surface area contributed by atoms with Gasteiger partial charge in [0.25, 0.3) is 0 Å². The predicted octanol–water partition coefficient (Wildman–Crippen LogP) is 0.728.